The maximum atomic E-state index is 12.5. The average Bonchev–Trinajstić information content (AvgIpc) is 2.63. The van der Waals surface area contributed by atoms with E-state index in [0.717, 1.165) is 36.5 Å². The Hall–Kier alpha value is -2.36. The number of rotatable bonds is 8. The zero-order chi connectivity index (χ0) is 19.1. The van der Waals surface area contributed by atoms with Crippen LogP contribution in [0.15, 0.2) is 36.4 Å². The highest BCUT2D eigenvalue weighted by atomic mass is 16.5. The summed E-state index contributed by atoms with van der Waals surface area (Å²) in [4.78, 5) is 24.6. The number of benzene rings is 2. The molecule has 0 radical (unpaired) electrons. The van der Waals surface area contributed by atoms with E-state index in [2.05, 4.69) is 6.92 Å². The molecule has 4 heteroatoms. The van der Waals surface area contributed by atoms with Gasteiger partial charge in [-0.2, -0.15) is 0 Å². The van der Waals surface area contributed by atoms with E-state index in [4.69, 9.17) is 9.47 Å². The van der Waals surface area contributed by atoms with Gasteiger partial charge in [-0.1, -0.05) is 38.8 Å². The Morgan fingerprint density at radius 3 is 1.96 bits per heavy atom. The molecule has 2 rings (SSSR count). The molecule has 0 aliphatic carbocycles. The molecule has 4 nitrogen and oxygen atoms in total. The van der Waals surface area contributed by atoms with Crippen LogP contribution in [-0.4, -0.2) is 24.1 Å². The van der Waals surface area contributed by atoms with Crippen LogP contribution in [0.4, 0.5) is 0 Å². The Bertz CT molecular complexity index is 764. The Labute approximate surface area is 155 Å². The van der Waals surface area contributed by atoms with Crippen LogP contribution in [0.25, 0.3) is 10.8 Å². The van der Waals surface area contributed by atoms with Crippen molar-refractivity contribution in [3.05, 3.63) is 47.5 Å². The second kappa shape index (κ2) is 9.37. The number of carbonyl (C=O) groups is 2. The van der Waals surface area contributed by atoms with Crippen molar-refractivity contribution < 1.29 is 19.1 Å². The third kappa shape index (κ3) is 5.32. The Balaban J connectivity index is 2.20. The molecule has 1 atom stereocenters. The number of hydrogen-bond acceptors (Lipinski definition) is 4. The van der Waals surface area contributed by atoms with Gasteiger partial charge in [-0.15, -0.1) is 0 Å². The van der Waals surface area contributed by atoms with E-state index in [1.54, 1.807) is 24.3 Å². The number of esters is 2. The van der Waals surface area contributed by atoms with E-state index >= 15 is 0 Å². The molecule has 0 aromatic heterocycles. The summed E-state index contributed by atoms with van der Waals surface area (Å²) < 4.78 is 10.9. The first kappa shape index (κ1) is 20.0. The van der Waals surface area contributed by atoms with E-state index in [-0.39, 0.29) is 24.1 Å². The molecule has 0 saturated heterocycles. The van der Waals surface area contributed by atoms with Crippen molar-refractivity contribution in [2.24, 2.45) is 0 Å². The fourth-order valence-corrected chi connectivity index (χ4v) is 2.78. The molecule has 140 valence electrons. The highest BCUT2D eigenvalue weighted by Crippen LogP contribution is 2.20. The van der Waals surface area contributed by atoms with Crippen LogP contribution in [0.1, 0.15) is 74.1 Å². The minimum Gasteiger partial charge on any atom is -0.459 e. The lowest BCUT2D eigenvalue weighted by atomic mass is 10.0. The van der Waals surface area contributed by atoms with Gasteiger partial charge < -0.3 is 9.47 Å². The summed E-state index contributed by atoms with van der Waals surface area (Å²) in [5.74, 6) is -0.675. The van der Waals surface area contributed by atoms with Gasteiger partial charge in [0, 0.05) is 0 Å². The lowest BCUT2D eigenvalue weighted by Gasteiger charge is -2.16. The van der Waals surface area contributed by atoms with Gasteiger partial charge in [0.2, 0.25) is 0 Å². The predicted octanol–water partition coefficient (Wildman–Crippen LogP) is 5.53. The quantitative estimate of drug-likeness (QED) is 0.584. The van der Waals surface area contributed by atoms with Gasteiger partial charge in [0.05, 0.1) is 17.2 Å². The fourth-order valence-electron chi connectivity index (χ4n) is 2.78. The molecule has 0 bridgehead atoms. The highest BCUT2D eigenvalue weighted by molar-refractivity contribution is 5.99. The summed E-state index contributed by atoms with van der Waals surface area (Å²) in [6.07, 6.45) is 3.60. The molecule has 0 fully saturated rings. The van der Waals surface area contributed by atoms with Crippen LogP contribution >= 0.6 is 0 Å². The van der Waals surface area contributed by atoms with Gasteiger partial charge in [-0.05, 0) is 61.7 Å². The number of carbonyl (C=O) groups excluding carboxylic acids is 2. The first-order valence-corrected chi connectivity index (χ1v) is 9.40. The summed E-state index contributed by atoms with van der Waals surface area (Å²) >= 11 is 0. The molecule has 0 amide bonds. The van der Waals surface area contributed by atoms with Crippen LogP contribution in [0.3, 0.4) is 0 Å². The van der Waals surface area contributed by atoms with E-state index in [9.17, 15) is 9.59 Å². The van der Waals surface area contributed by atoms with Crippen LogP contribution in [0, 0.1) is 0 Å². The van der Waals surface area contributed by atoms with Crippen molar-refractivity contribution in [2.45, 2.75) is 65.6 Å². The summed E-state index contributed by atoms with van der Waals surface area (Å²) in [5.41, 5.74) is 0.980. The van der Waals surface area contributed by atoms with Crippen LogP contribution < -0.4 is 0 Å². The zero-order valence-electron chi connectivity index (χ0n) is 16.1. The Kier molecular flexibility index (Phi) is 7.19. The summed E-state index contributed by atoms with van der Waals surface area (Å²) in [5, 5.41) is 1.78. The zero-order valence-corrected chi connectivity index (χ0v) is 16.1. The van der Waals surface area contributed by atoms with E-state index in [1.807, 2.05) is 32.9 Å². The lowest BCUT2D eigenvalue weighted by molar-refractivity contribution is 0.0267. The van der Waals surface area contributed by atoms with E-state index in [0.29, 0.717) is 11.1 Å². The molecular weight excluding hydrogens is 328 g/mol. The Morgan fingerprint density at radius 1 is 0.885 bits per heavy atom. The van der Waals surface area contributed by atoms with Gasteiger partial charge in [-0.3, -0.25) is 0 Å². The van der Waals surface area contributed by atoms with Gasteiger partial charge in [0.15, 0.2) is 0 Å². The van der Waals surface area contributed by atoms with Gasteiger partial charge in [0.1, 0.15) is 6.10 Å². The monoisotopic (exact) mass is 356 g/mol. The summed E-state index contributed by atoms with van der Waals surface area (Å²) in [6.45, 7) is 7.78. The molecule has 0 N–H and O–H groups in total. The largest absolute Gasteiger partial charge is 0.459 e. The molecule has 0 aliphatic rings. The number of fused-ring (bicyclic) bond motifs is 1. The lowest BCUT2D eigenvalue weighted by Crippen LogP contribution is -2.17. The van der Waals surface area contributed by atoms with Crippen molar-refractivity contribution in [3.8, 4) is 0 Å². The maximum Gasteiger partial charge on any atom is 0.338 e. The van der Waals surface area contributed by atoms with E-state index in [1.165, 1.54) is 0 Å². The first-order valence-electron chi connectivity index (χ1n) is 9.40. The third-order valence-corrected chi connectivity index (χ3v) is 4.26. The topological polar surface area (TPSA) is 52.6 Å². The van der Waals surface area contributed by atoms with Crippen molar-refractivity contribution in [1.29, 1.82) is 0 Å². The predicted molar refractivity (Wildman–Crippen MR) is 104 cm³/mol. The molecule has 2 aromatic carbocycles. The molecule has 0 heterocycles. The van der Waals surface area contributed by atoms with Gasteiger partial charge in [0.25, 0.3) is 0 Å². The number of unbranched alkanes of at least 4 members (excludes halogenated alkanes) is 1. The smallest absolute Gasteiger partial charge is 0.338 e. The van der Waals surface area contributed by atoms with Gasteiger partial charge >= 0.3 is 11.9 Å². The second-order valence-electron chi connectivity index (χ2n) is 6.81. The highest BCUT2D eigenvalue weighted by Gasteiger charge is 2.15. The molecule has 26 heavy (non-hydrogen) atoms. The fraction of sp³-hybridized carbons (Fsp3) is 0.455. The Morgan fingerprint density at radius 2 is 1.46 bits per heavy atom. The van der Waals surface area contributed by atoms with Crippen LogP contribution in [-0.2, 0) is 9.47 Å². The molecule has 2 aromatic rings. The van der Waals surface area contributed by atoms with Crippen molar-refractivity contribution >= 4 is 22.7 Å². The van der Waals surface area contributed by atoms with E-state index < -0.39 is 0 Å². The number of hydrogen-bond donors (Lipinski definition) is 0. The van der Waals surface area contributed by atoms with Crippen molar-refractivity contribution in [2.75, 3.05) is 0 Å². The minimum atomic E-state index is -0.361. The SMILES string of the molecule is CCCCC(CC)OC(=O)c1ccc2ccc(C(=O)OC(C)C)cc2c1. The maximum absolute atomic E-state index is 12.5. The molecular formula is C22H28O4. The first-order chi connectivity index (χ1) is 12.4. The molecule has 0 spiro atoms. The van der Waals surface area contributed by atoms with Crippen LogP contribution in [0.2, 0.25) is 0 Å². The average molecular weight is 356 g/mol. The molecule has 0 saturated carbocycles. The second-order valence-corrected chi connectivity index (χ2v) is 6.81. The standard InChI is InChI=1S/C22H28O4/c1-5-7-8-20(6-2)26-22(24)18-12-10-16-9-11-17(13-19(16)14-18)21(23)25-15(3)4/h9-15,20H,5-8H2,1-4H3. The van der Waals surface area contributed by atoms with Gasteiger partial charge in [-0.25, -0.2) is 9.59 Å². The van der Waals surface area contributed by atoms with Crippen molar-refractivity contribution in [1.82, 2.24) is 0 Å². The minimum absolute atomic E-state index is 0.0505. The normalized spacial score (nSPS) is 12.2. The molecule has 0 aliphatic heterocycles. The summed E-state index contributed by atoms with van der Waals surface area (Å²) in [7, 11) is 0. The number of ether oxygens (including phenoxy) is 2. The molecule has 1 unspecified atom stereocenters. The van der Waals surface area contributed by atoms with Crippen molar-refractivity contribution in [3.63, 3.8) is 0 Å². The third-order valence-electron chi connectivity index (χ3n) is 4.26. The van der Waals surface area contributed by atoms with Crippen LogP contribution in [0.5, 0.6) is 0 Å². The summed E-state index contributed by atoms with van der Waals surface area (Å²) in [6, 6.07) is 10.8.